The molecule has 0 unspecified atom stereocenters. The third-order valence-corrected chi connectivity index (χ3v) is 4.00. The van der Waals surface area contributed by atoms with Gasteiger partial charge in [0.25, 0.3) is 5.91 Å². The molecule has 0 aromatic heterocycles. The number of hydrazone groups is 1. The minimum atomic E-state index is -0.723. The second-order valence-electron chi connectivity index (χ2n) is 5.67. The summed E-state index contributed by atoms with van der Waals surface area (Å²) >= 11 is 0. The Morgan fingerprint density at radius 3 is 2.68 bits per heavy atom. The van der Waals surface area contributed by atoms with Crippen LogP contribution >= 0.6 is 0 Å². The molecule has 1 aliphatic rings. The molecular weight excluding hydrogens is 316 g/mol. The largest absolute Gasteiger partial charge is 0.485 e. The highest BCUT2D eigenvalue weighted by atomic mass is 16.6. The van der Waals surface area contributed by atoms with E-state index in [9.17, 15) is 4.79 Å². The van der Waals surface area contributed by atoms with Crippen LogP contribution in [0.4, 0.5) is 0 Å². The predicted molar refractivity (Wildman–Crippen MR) is 96.0 cm³/mol. The van der Waals surface area contributed by atoms with Crippen LogP contribution in [0.15, 0.2) is 71.8 Å². The van der Waals surface area contributed by atoms with Gasteiger partial charge in [-0.15, -0.1) is 0 Å². The summed E-state index contributed by atoms with van der Waals surface area (Å²) in [4.78, 5) is 12.2. The van der Waals surface area contributed by atoms with E-state index >= 15 is 0 Å². The number of amides is 1. The number of fused-ring (bicyclic) bond motifs is 2. The number of benzene rings is 3. The monoisotopic (exact) mass is 332 g/mol. The first kappa shape index (κ1) is 15.2. The molecule has 1 N–H and O–H groups in total. The molecule has 1 amide bonds. The molecule has 0 radical (unpaired) electrons. The molecule has 4 rings (SSSR count). The van der Waals surface area contributed by atoms with E-state index in [1.165, 1.54) is 0 Å². The summed E-state index contributed by atoms with van der Waals surface area (Å²) in [6, 6.07) is 21.2. The van der Waals surface area contributed by atoms with Crippen molar-refractivity contribution in [1.82, 2.24) is 5.43 Å². The van der Waals surface area contributed by atoms with Crippen molar-refractivity contribution in [3.8, 4) is 11.5 Å². The van der Waals surface area contributed by atoms with Crippen molar-refractivity contribution in [1.29, 1.82) is 0 Å². The SMILES string of the molecule is O=C(N/N=C\c1cccc2ccccc12)[C@@H]1COc2ccccc2O1. The molecule has 124 valence electrons. The van der Waals surface area contributed by atoms with Gasteiger partial charge in [-0.05, 0) is 22.9 Å². The average molecular weight is 332 g/mol. The maximum Gasteiger partial charge on any atom is 0.284 e. The van der Waals surface area contributed by atoms with Gasteiger partial charge in [-0.1, -0.05) is 54.6 Å². The summed E-state index contributed by atoms with van der Waals surface area (Å²) in [7, 11) is 0. The summed E-state index contributed by atoms with van der Waals surface area (Å²) in [5.74, 6) is 0.865. The molecule has 0 aliphatic carbocycles. The number of hydrogen-bond acceptors (Lipinski definition) is 4. The Labute approximate surface area is 144 Å². The number of hydrogen-bond donors (Lipinski definition) is 1. The van der Waals surface area contributed by atoms with E-state index in [1.54, 1.807) is 12.3 Å². The van der Waals surface area contributed by atoms with Crippen LogP contribution in [0, 0.1) is 0 Å². The second-order valence-corrected chi connectivity index (χ2v) is 5.67. The fourth-order valence-corrected chi connectivity index (χ4v) is 2.75. The maximum absolute atomic E-state index is 12.2. The second kappa shape index (κ2) is 6.65. The van der Waals surface area contributed by atoms with Crippen LogP contribution in [0.1, 0.15) is 5.56 Å². The Kier molecular flexibility index (Phi) is 4.04. The Morgan fingerprint density at radius 2 is 1.76 bits per heavy atom. The zero-order chi connectivity index (χ0) is 17.1. The normalized spacial score (nSPS) is 16.1. The summed E-state index contributed by atoms with van der Waals surface area (Å²) in [6.45, 7) is 0.159. The fraction of sp³-hybridized carbons (Fsp3) is 0.100. The summed E-state index contributed by atoms with van der Waals surface area (Å²) in [5.41, 5.74) is 3.46. The summed E-state index contributed by atoms with van der Waals surface area (Å²) in [5, 5.41) is 6.26. The van der Waals surface area contributed by atoms with Crippen LogP contribution in [0.5, 0.6) is 11.5 Å². The van der Waals surface area contributed by atoms with Crippen molar-refractivity contribution in [2.75, 3.05) is 6.61 Å². The molecule has 0 spiro atoms. The molecule has 5 nitrogen and oxygen atoms in total. The van der Waals surface area contributed by atoms with Crippen LogP contribution in [0.2, 0.25) is 0 Å². The van der Waals surface area contributed by atoms with E-state index in [-0.39, 0.29) is 12.5 Å². The molecule has 1 heterocycles. The lowest BCUT2D eigenvalue weighted by atomic mass is 10.1. The number of para-hydroxylation sites is 2. The highest BCUT2D eigenvalue weighted by molar-refractivity contribution is 6.00. The van der Waals surface area contributed by atoms with E-state index < -0.39 is 6.10 Å². The Hall–Kier alpha value is -3.34. The summed E-state index contributed by atoms with van der Waals surface area (Å²) in [6.07, 6.45) is 0.914. The van der Waals surface area contributed by atoms with Crippen LogP contribution in [0.25, 0.3) is 10.8 Å². The van der Waals surface area contributed by atoms with Gasteiger partial charge in [0.15, 0.2) is 11.5 Å². The van der Waals surface area contributed by atoms with E-state index in [4.69, 9.17) is 9.47 Å². The highest BCUT2D eigenvalue weighted by Crippen LogP contribution is 2.30. The topological polar surface area (TPSA) is 59.9 Å². The third-order valence-electron chi connectivity index (χ3n) is 4.00. The molecule has 0 saturated heterocycles. The third kappa shape index (κ3) is 3.17. The van der Waals surface area contributed by atoms with Gasteiger partial charge < -0.3 is 9.47 Å². The molecular formula is C20H16N2O3. The maximum atomic E-state index is 12.2. The predicted octanol–water partition coefficient (Wildman–Crippen LogP) is 3.13. The first-order valence-corrected chi connectivity index (χ1v) is 8.00. The lowest BCUT2D eigenvalue weighted by Crippen LogP contribution is -2.42. The van der Waals surface area contributed by atoms with Crippen molar-refractivity contribution in [3.63, 3.8) is 0 Å². The van der Waals surface area contributed by atoms with Crippen molar-refractivity contribution in [2.45, 2.75) is 6.10 Å². The van der Waals surface area contributed by atoms with E-state index in [2.05, 4.69) is 10.5 Å². The number of carbonyl (C=O) groups is 1. The van der Waals surface area contributed by atoms with Crippen molar-refractivity contribution in [3.05, 3.63) is 72.3 Å². The van der Waals surface area contributed by atoms with Gasteiger partial charge in [0.1, 0.15) is 6.61 Å². The van der Waals surface area contributed by atoms with E-state index in [0.29, 0.717) is 11.5 Å². The molecule has 1 atom stereocenters. The number of nitrogens with one attached hydrogen (secondary N) is 1. The van der Waals surface area contributed by atoms with Crippen molar-refractivity contribution >= 4 is 22.9 Å². The molecule has 25 heavy (non-hydrogen) atoms. The van der Waals surface area contributed by atoms with Gasteiger partial charge in [0.05, 0.1) is 6.21 Å². The molecule has 3 aromatic rings. The van der Waals surface area contributed by atoms with Gasteiger partial charge in [-0.3, -0.25) is 4.79 Å². The standard InChI is InChI=1S/C20H16N2O3/c23-20(19-13-24-17-10-3-4-11-18(17)25-19)22-21-12-15-8-5-7-14-6-1-2-9-16(14)15/h1-12,19H,13H2,(H,22,23)/b21-12-/t19-/m0/s1. The van der Waals surface area contributed by atoms with Crippen LogP contribution in [-0.2, 0) is 4.79 Å². The van der Waals surface area contributed by atoms with E-state index in [0.717, 1.165) is 16.3 Å². The summed E-state index contributed by atoms with van der Waals surface area (Å²) < 4.78 is 11.2. The molecule has 5 heteroatoms. The van der Waals surface area contributed by atoms with Crippen LogP contribution < -0.4 is 14.9 Å². The minimum absolute atomic E-state index is 0.159. The Balaban J connectivity index is 1.44. The van der Waals surface area contributed by atoms with Gasteiger partial charge in [0, 0.05) is 5.56 Å². The quantitative estimate of drug-likeness (QED) is 0.592. The molecule has 1 aliphatic heterocycles. The first-order chi connectivity index (χ1) is 12.3. The number of rotatable bonds is 3. The lowest BCUT2D eigenvalue weighted by Gasteiger charge is -2.24. The van der Waals surface area contributed by atoms with Crippen molar-refractivity contribution < 1.29 is 14.3 Å². The van der Waals surface area contributed by atoms with Gasteiger partial charge in [-0.2, -0.15) is 5.10 Å². The van der Waals surface area contributed by atoms with Gasteiger partial charge in [-0.25, -0.2) is 5.43 Å². The smallest absolute Gasteiger partial charge is 0.284 e. The van der Waals surface area contributed by atoms with Crippen LogP contribution in [0.3, 0.4) is 0 Å². The minimum Gasteiger partial charge on any atom is -0.485 e. The lowest BCUT2D eigenvalue weighted by molar-refractivity contribution is -0.130. The highest BCUT2D eigenvalue weighted by Gasteiger charge is 2.26. The Morgan fingerprint density at radius 1 is 1.00 bits per heavy atom. The fourth-order valence-electron chi connectivity index (χ4n) is 2.75. The zero-order valence-corrected chi connectivity index (χ0v) is 13.4. The van der Waals surface area contributed by atoms with Gasteiger partial charge >= 0.3 is 0 Å². The molecule has 0 saturated carbocycles. The molecule has 0 fully saturated rings. The number of nitrogens with zero attached hydrogens (tertiary/aromatic N) is 1. The Bertz CT molecular complexity index is 947. The molecule has 0 bridgehead atoms. The average Bonchev–Trinajstić information content (AvgIpc) is 2.67. The first-order valence-electron chi connectivity index (χ1n) is 8.00. The number of carbonyl (C=O) groups excluding carboxylic acids is 1. The van der Waals surface area contributed by atoms with Gasteiger partial charge in [0.2, 0.25) is 6.10 Å². The van der Waals surface area contributed by atoms with Crippen molar-refractivity contribution in [2.24, 2.45) is 5.10 Å². The zero-order valence-electron chi connectivity index (χ0n) is 13.4. The number of ether oxygens (including phenoxy) is 2. The van der Waals surface area contributed by atoms with Crippen LogP contribution in [-0.4, -0.2) is 24.8 Å². The molecule has 3 aromatic carbocycles. The van der Waals surface area contributed by atoms with E-state index in [1.807, 2.05) is 60.7 Å².